The van der Waals surface area contributed by atoms with E-state index in [1.807, 2.05) is 19.1 Å². The van der Waals surface area contributed by atoms with E-state index in [1.165, 1.54) is 12.8 Å². The van der Waals surface area contributed by atoms with E-state index in [4.69, 9.17) is 0 Å². The van der Waals surface area contributed by atoms with Crippen LogP contribution in [0.5, 0.6) is 0 Å². The number of halogens is 1. The number of piperidine rings is 1. The Morgan fingerprint density at radius 1 is 1.36 bits per heavy atom. The Labute approximate surface area is 84.3 Å². The van der Waals surface area contributed by atoms with Gasteiger partial charge in [-0.1, -0.05) is 24.1 Å². The molecule has 2 rings (SSSR count). The van der Waals surface area contributed by atoms with Crippen LogP contribution in [0.4, 0.5) is 4.39 Å². The molecule has 1 fully saturated rings. The first-order chi connectivity index (χ1) is 6.77. The van der Waals surface area contributed by atoms with Crippen LogP contribution < -0.4 is 5.32 Å². The number of rotatable bonds is 1. The van der Waals surface area contributed by atoms with E-state index in [2.05, 4.69) is 5.32 Å². The molecule has 0 bridgehead atoms. The molecule has 0 radical (unpaired) electrons. The Kier molecular flexibility index (Phi) is 2.82. The average Bonchev–Trinajstić information content (AvgIpc) is 2.23. The van der Waals surface area contributed by atoms with Crippen LogP contribution >= 0.6 is 0 Å². The molecular formula is C12H16FN. The molecule has 1 aliphatic heterocycles. The van der Waals surface area contributed by atoms with Crippen molar-refractivity contribution < 1.29 is 4.39 Å². The molecule has 1 heterocycles. The average molecular weight is 193 g/mol. The monoisotopic (exact) mass is 193 g/mol. The molecule has 0 spiro atoms. The summed E-state index contributed by atoms with van der Waals surface area (Å²) in [6.07, 6.45) is 3.47. The van der Waals surface area contributed by atoms with Gasteiger partial charge in [-0.2, -0.15) is 0 Å². The van der Waals surface area contributed by atoms with Crippen LogP contribution in [-0.2, 0) is 0 Å². The largest absolute Gasteiger partial charge is 0.310 e. The van der Waals surface area contributed by atoms with Crippen molar-refractivity contribution in [2.45, 2.75) is 32.2 Å². The molecule has 1 N–H and O–H groups in total. The Hall–Kier alpha value is -0.890. The van der Waals surface area contributed by atoms with Gasteiger partial charge in [0.2, 0.25) is 0 Å². The lowest BCUT2D eigenvalue weighted by Crippen LogP contribution is -2.27. The van der Waals surface area contributed by atoms with E-state index in [0.29, 0.717) is 0 Å². The minimum Gasteiger partial charge on any atom is -0.310 e. The van der Waals surface area contributed by atoms with Crippen molar-refractivity contribution in [3.05, 3.63) is 35.1 Å². The third kappa shape index (κ3) is 1.95. The van der Waals surface area contributed by atoms with Gasteiger partial charge in [0.15, 0.2) is 0 Å². The number of aryl methyl sites for hydroxylation is 1. The second-order valence-electron chi connectivity index (χ2n) is 4.03. The summed E-state index contributed by atoms with van der Waals surface area (Å²) in [5, 5.41) is 3.36. The molecule has 1 aromatic carbocycles. The van der Waals surface area contributed by atoms with Crippen molar-refractivity contribution in [2.75, 3.05) is 6.54 Å². The van der Waals surface area contributed by atoms with Gasteiger partial charge in [-0.3, -0.25) is 0 Å². The molecule has 1 unspecified atom stereocenters. The lowest BCUT2D eigenvalue weighted by Gasteiger charge is -2.24. The SMILES string of the molecule is Cc1ccc(F)c(C2CCCCN2)c1. The zero-order valence-corrected chi connectivity index (χ0v) is 8.52. The summed E-state index contributed by atoms with van der Waals surface area (Å²) in [5.41, 5.74) is 1.97. The van der Waals surface area contributed by atoms with Crippen LogP contribution in [0.15, 0.2) is 18.2 Å². The van der Waals surface area contributed by atoms with E-state index in [1.54, 1.807) is 6.07 Å². The summed E-state index contributed by atoms with van der Waals surface area (Å²) in [7, 11) is 0. The van der Waals surface area contributed by atoms with Gasteiger partial charge < -0.3 is 5.32 Å². The Bertz CT molecular complexity index is 316. The molecular weight excluding hydrogens is 177 g/mol. The van der Waals surface area contributed by atoms with Crippen LogP contribution in [-0.4, -0.2) is 6.54 Å². The van der Waals surface area contributed by atoms with Crippen molar-refractivity contribution in [2.24, 2.45) is 0 Å². The maximum atomic E-state index is 13.5. The highest BCUT2D eigenvalue weighted by Gasteiger charge is 2.17. The topological polar surface area (TPSA) is 12.0 Å². The third-order valence-corrected chi connectivity index (χ3v) is 2.84. The molecule has 0 saturated carbocycles. The summed E-state index contributed by atoms with van der Waals surface area (Å²) in [4.78, 5) is 0. The number of benzene rings is 1. The van der Waals surface area contributed by atoms with E-state index in [0.717, 1.165) is 24.1 Å². The first kappa shape index (κ1) is 9.66. The number of hydrogen-bond acceptors (Lipinski definition) is 1. The second-order valence-corrected chi connectivity index (χ2v) is 4.03. The number of hydrogen-bond donors (Lipinski definition) is 1. The van der Waals surface area contributed by atoms with Gasteiger partial charge in [0.1, 0.15) is 5.82 Å². The van der Waals surface area contributed by atoms with Crippen LogP contribution in [0.2, 0.25) is 0 Å². The molecule has 0 aliphatic carbocycles. The molecule has 1 aromatic rings. The van der Waals surface area contributed by atoms with Gasteiger partial charge in [0, 0.05) is 11.6 Å². The van der Waals surface area contributed by atoms with Gasteiger partial charge in [-0.15, -0.1) is 0 Å². The fraction of sp³-hybridized carbons (Fsp3) is 0.500. The van der Waals surface area contributed by atoms with E-state index in [-0.39, 0.29) is 11.9 Å². The molecule has 0 amide bonds. The maximum absolute atomic E-state index is 13.5. The second kappa shape index (κ2) is 4.09. The van der Waals surface area contributed by atoms with Crippen LogP contribution in [0.3, 0.4) is 0 Å². The maximum Gasteiger partial charge on any atom is 0.127 e. The standard InChI is InChI=1S/C12H16FN/c1-9-5-6-11(13)10(8-9)12-4-2-3-7-14-12/h5-6,8,12,14H,2-4,7H2,1H3. The Morgan fingerprint density at radius 2 is 2.21 bits per heavy atom. The fourth-order valence-electron chi connectivity index (χ4n) is 2.05. The molecule has 1 atom stereocenters. The molecule has 1 saturated heterocycles. The van der Waals surface area contributed by atoms with E-state index in [9.17, 15) is 4.39 Å². The molecule has 2 heteroatoms. The zero-order valence-electron chi connectivity index (χ0n) is 8.52. The summed E-state index contributed by atoms with van der Waals surface area (Å²) in [6.45, 7) is 3.02. The predicted octanol–water partition coefficient (Wildman–Crippen LogP) is 2.95. The van der Waals surface area contributed by atoms with Crippen molar-refractivity contribution in [1.29, 1.82) is 0 Å². The van der Waals surface area contributed by atoms with E-state index >= 15 is 0 Å². The minimum absolute atomic E-state index is 0.0741. The third-order valence-electron chi connectivity index (χ3n) is 2.84. The molecule has 14 heavy (non-hydrogen) atoms. The Morgan fingerprint density at radius 3 is 2.93 bits per heavy atom. The van der Waals surface area contributed by atoms with Gasteiger partial charge in [0.05, 0.1) is 0 Å². The van der Waals surface area contributed by atoms with Crippen molar-refractivity contribution in [3.63, 3.8) is 0 Å². The summed E-state index contributed by atoms with van der Waals surface area (Å²) in [6, 6.07) is 5.57. The highest BCUT2D eigenvalue weighted by atomic mass is 19.1. The smallest absolute Gasteiger partial charge is 0.127 e. The molecule has 1 nitrogen and oxygen atoms in total. The first-order valence-corrected chi connectivity index (χ1v) is 5.27. The normalized spacial score (nSPS) is 22.3. The summed E-state index contributed by atoms with van der Waals surface area (Å²) >= 11 is 0. The molecule has 1 aliphatic rings. The highest BCUT2D eigenvalue weighted by molar-refractivity contribution is 5.27. The fourth-order valence-corrected chi connectivity index (χ4v) is 2.05. The lowest BCUT2D eigenvalue weighted by molar-refractivity contribution is 0.400. The van der Waals surface area contributed by atoms with Crippen LogP contribution in [0, 0.1) is 12.7 Å². The zero-order chi connectivity index (χ0) is 9.97. The van der Waals surface area contributed by atoms with E-state index < -0.39 is 0 Å². The highest BCUT2D eigenvalue weighted by Crippen LogP contribution is 2.25. The molecule has 76 valence electrons. The minimum atomic E-state index is -0.0741. The van der Waals surface area contributed by atoms with Crippen LogP contribution in [0.25, 0.3) is 0 Å². The van der Waals surface area contributed by atoms with Crippen molar-refractivity contribution in [1.82, 2.24) is 5.32 Å². The van der Waals surface area contributed by atoms with Gasteiger partial charge in [0.25, 0.3) is 0 Å². The number of nitrogens with one attached hydrogen (secondary N) is 1. The quantitative estimate of drug-likeness (QED) is 0.723. The van der Waals surface area contributed by atoms with Crippen molar-refractivity contribution >= 4 is 0 Å². The predicted molar refractivity (Wildman–Crippen MR) is 55.7 cm³/mol. The van der Waals surface area contributed by atoms with Crippen LogP contribution in [0.1, 0.15) is 36.4 Å². The first-order valence-electron chi connectivity index (χ1n) is 5.27. The lowest BCUT2D eigenvalue weighted by atomic mass is 9.96. The van der Waals surface area contributed by atoms with Gasteiger partial charge >= 0.3 is 0 Å². The van der Waals surface area contributed by atoms with Crippen molar-refractivity contribution in [3.8, 4) is 0 Å². The molecule has 0 aromatic heterocycles. The Balaban J connectivity index is 2.24. The van der Waals surface area contributed by atoms with Gasteiger partial charge in [-0.25, -0.2) is 4.39 Å². The summed E-state index contributed by atoms with van der Waals surface area (Å²) < 4.78 is 13.5. The van der Waals surface area contributed by atoms with Gasteiger partial charge in [-0.05, 0) is 32.4 Å². The summed E-state index contributed by atoms with van der Waals surface area (Å²) in [5.74, 6) is -0.0741.